The summed E-state index contributed by atoms with van der Waals surface area (Å²) in [5.41, 5.74) is -1.25. The first-order valence-electron chi connectivity index (χ1n) is 5.68. The van der Waals surface area contributed by atoms with Crippen molar-refractivity contribution in [2.24, 2.45) is 5.92 Å². The number of carbonyl (C=O) groups excluding carboxylic acids is 1. The summed E-state index contributed by atoms with van der Waals surface area (Å²) in [7, 11) is 0. The Morgan fingerprint density at radius 1 is 1.26 bits per heavy atom. The van der Waals surface area contributed by atoms with E-state index in [1.807, 2.05) is 13.8 Å². The maximum atomic E-state index is 13.1. The molecule has 19 heavy (non-hydrogen) atoms. The molecule has 1 aromatic rings. The molecule has 104 valence electrons. The Morgan fingerprint density at radius 3 is 2.26 bits per heavy atom. The van der Waals surface area contributed by atoms with Crippen LogP contribution in [0.3, 0.4) is 0 Å². The summed E-state index contributed by atoms with van der Waals surface area (Å²) in [6.07, 6.45) is 0. The molecule has 0 aliphatic rings. The number of amides is 1. The van der Waals surface area contributed by atoms with Crippen LogP contribution in [0.2, 0.25) is 0 Å². The van der Waals surface area contributed by atoms with Gasteiger partial charge in [-0.25, -0.2) is 8.78 Å². The summed E-state index contributed by atoms with van der Waals surface area (Å²) in [6, 6.07) is 0.695. The van der Waals surface area contributed by atoms with Gasteiger partial charge in [0.15, 0.2) is 11.6 Å². The number of halogens is 2. The molecule has 1 N–H and O–H groups in total. The molecule has 0 spiro atoms. The Balaban J connectivity index is 3.15. The number of nitrogens with zero attached hydrogens (tertiary/aromatic N) is 1. The molecule has 0 saturated carbocycles. The Bertz CT molecular complexity index is 518. The topological polar surface area (TPSA) is 72.2 Å². The van der Waals surface area contributed by atoms with Crippen LogP contribution < -0.4 is 5.32 Å². The van der Waals surface area contributed by atoms with Gasteiger partial charge < -0.3 is 5.32 Å². The molecule has 0 aliphatic carbocycles. The molecule has 0 radical (unpaired) electrons. The molecule has 0 aromatic heterocycles. The van der Waals surface area contributed by atoms with Gasteiger partial charge in [0.05, 0.1) is 11.0 Å². The van der Waals surface area contributed by atoms with Gasteiger partial charge in [0.2, 0.25) is 0 Å². The number of benzene rings is 1. The van der Waals surface area contributed by atoms with Crippen molar-refractivity contribution in [1.82, 2.24) is 5.32 Å². The number of carbonyl (C=O) groups is 1. The first-order chi connectivity index (χ1) is 8.73. The SMILES string of the molecule is CC(C)C(C)NC(=O)c1cc(F)c(F)cc1[N+](=O)[O-]. The van der Waals surface area contributed by atoms with Gasteiger partial charge in [-0.05, 0) is 18.9 Å². The summed E-state index contributed by atoms with van der Waals surface area (Å²) in [6.45, 7) is 5.42. The van der Waals surface area contributed by atoms with E-state index in [1.54, 1.807) is 6.92 Å². The van der Waals surface area contributed by atoms with Gasteiger partial charge in [0, 0.05) is 6.04 Å². The molecule has 1 unspecified atom stereocenters. The number of nitrogens with one attached hydrogen (secondary N) is 1. The number of hydrogen-bond donors (Lipinski definition) is 1. The third-order valence-corrected chi connectivity index (χ3v) is 2.84. The maximum Gasteiger partial charge on any atom is 0.285 e. The van der Waals surface area contributed by atoms with E-state index in [9.17, 15) is 23.7 Å². The lowest BCUT2D eigenvalue weighted by atomic mass is 10.1. The molecule has 5 nitrogen and oxygen atoms in total. The normalized spacial score (nSPS) is 12.3. The lowest BCUT2D eigenvalue weighted by Gasteiger charge is -2.17. The van der Waals surface area contributed by atoms with Gasteiger partial charge in [0.25, 0.3) is 11.6 Å². The van der Waals surface area contributed by atoms with Crippen LogP contribution >= 0.6 is 0 Å². The Hall–Kier alpha value is -2.05. The van der Waals surface area contributed by atoms with Gasteiger partial charge in [-0.1, -0.05) is 13.8 Å². The van der Waals surface area contributed by atoms with Crippen molar-refractivity contribution >= 4 is 11.6 Å². The van der Waals surface area contributed by atoms with Gasteiger partial charge in [-0.3, -0.25) is 14.9 Å². The standard InChI is InChI=1S/C12H14F2N2O3/c1-6(2)7(3)15-12(17)8-4-9(13)10(14)5-11(8)16(18)19/h4-7H,1-3H3,(H,15,17). The molecule has 1 aromatic carbocycles. The lowest BCUT2D eigenvalue weighted by molar-refractivity contribution is -0.385. The predicted molar refractivity (Wildman–Crippen MR) is 64.8 cm³/mol. The molecule has 0 bridgehead atoms. The van der Waals surface area contributed by atoms with Crippen molar-refractivity contribution in [3.63, 3.8) is 0 Å². The van der Waals surface area contributed by atoms with E-state index in [0.717, 1.165) is 0 Å². The monoisotopic (exact) mass is 272 g/mol. The Kier molecular flexibility index (Phi) is 4.52. The largest absolute Gasteiger partial charge is 0.349 e. The highest BCUT2D eigenvalue weighted by atomic mass is 19.2. The third kappa shape index (κ3) is 3.46. The van der Waals surface area contributed by atoms with Gasteiger partial charge in [-0.2, -0.15) is 0 Å². The fourth-order valence-corrected chi connectivity index (χ4v) is 1.32. The summed E-state index contributed by atoms with van der Waals surface area (Å²) < 4.78 is 26.1. The summed E-state index contributed by atoms with van der Waals surface area (Å²) >= 11 is 0. The van der Waals surface area contributed by atoms with Crippen molar-refractivity contribution < 1.29 is 18.5 Å². The second kappa shape index (κ2) is 5.73. The molecular formula is C12H14F2N2O3. The molecule has 0 fully saturated rings. The highest BCUT2D eigenvalue weighted by molar-refractivity contribution is 5.98. The molecule has 0 aliphatic heterocycles. The van der Waals surface area contributed by atoms with E-state index >= 15 is 0 Å². The van der Waals surface area contributed by atoms with Crippen molar-refractivity contribution in [3.05, 3.63) is 39.4 Å². The number of nitro groups is 1. The zero-order chi connectivity index (χ0) is 14.7. The molecule has 1 atom stereocenters. The summed E-state index contributed by atoms with van der Waals surface area (Å²) in [4.78, 5) is 21.7. The number of hydrogen-bond acceptors (Lipinski definition) is 3. The number of nitro benzene ring substituents is 1. The second-order valence-electron chi connectivity index (χ2n) is 4.55. The predicted octanol–water partition coefficient (Wildman–Crippen LogP) is 2.65. The Labute approximate surface area is 108 Å². The van der Waals surface area contributed by atoms with Crippen molar-refractivity contribution in [2.75, 3.05) is 0 Å². The van der Waals surface area contributed by atoms with Crippen LogP contribution in [0.5, 0.6) is 0 Å². The van der Waals surface area contributed by atoms with Crippen LogP contribution in [-0.2, 0) is 0 Å². The van der Waals surface area contributed by atoms with Crippen LogP contribution in [0.4, 0.5) is 14.5 Å². The van der Waals surface area contributed by atoms with E-state index in [2.05, 4.69) is 5.32 Å². The van der Waals surface area contributed by atoms with Crippen LogP contribution in [0, 0.1) is 27.7 Å². The van der Waals surface area contributed by atoms with E-state index in [0.29, 0.717) is 12.1 Å². The quantitative estimate of drug-likeness (QED) is 0.676. The highest BCUT2D eigenvalue weighted by Gasteiger charge is 2.25. The minimum atomic E-state index is -1.36. The van der Waals surface area contributed by atoms with Crippen molar-refractivity contribution in [3.8, 4) is 0 Å². The van der Waals surface area contributed by atoms with Gasteiger partial charge >= 0.3 is 0 Å². The average Bonchev–Trinajstić information content (AvgIpc) is 2.31. The van der Waals surface area contributed by atoms with E-state index in [1.165, 1.54) is 0 Å². The third-order valence-electron chi connectivity index (χ3n) is 2.84. The molecule has 1 rings (SSSR count). The molecule has 0 heterocycles. The van der Waals surface area contributed by atoms with Gasteiger partial charge in [-0.15, -0.1) is 0 Å². The van der Waals surface area contributed by atoms with Crippen LogP contribution in [0.1, 0.15) is 31.1 Å². The molecule has 1 amide bonds. The zero-order valence-corrected chi connectivity index (χ0v) is 10.7. The minimum absolute atomic E-state index is 0.105. The lowest BCUT2D eigenvalue weighted by Crippen LogP contribution is -2.36. The maximum absolute atomic E-state index is 13.1. The molecule has 7 heteroatoms. The first-order valence-corrected chi connectivity index (χ1v) is 5.68. The zero-order valence-electron chi connectivity index (χ0n) is 10.7. The Morgan fingerprint density at radius 2 is 1.79 bits per heavy atom. The molecular weight excluding hydrogens is 258 g/mol. The van der Waals surface area contributed by atoms with Crippen LogP contribution in [0.15, 0.2) is 12.1 Å². The van der Waals surface area contributed by atoms with Crippen molar-refractivity contribution in [1.29, 1.82) is 0 Å². The number of rotatable bonds is 4. The van der Waals surface area contributed by atoms with E-state index < -0.39 is 33.7 Å². The second-order valence-corrected chi connectivity index (χ2v) is 4.55. The van der Waals surface area contributed by atoms with Crippen LogP contribution in [-0.4, -0.2) is 16.9 Å². The van der Waals surface area contributed by atoms with Crippen LogP contribution in [0.25, 0.3) is 0 Å². The first kappa shape index (κ1) is 15.0. The summed E-state index contributed by atoms with van der Waals surface area (Å²) in [5.74, 6) is -3.35. The van der Waals surface area contributed by atoms with E-state index in [4.69, 9.17) is 0 Å². The van der Waals surface area contributed by atoms with Gasteiger partial charge in [0.1, 0.15) is 5.56 Å². The fraction of sp³-hybridized carbons (Fsp3) is 0.417. The highest BCUT2D eigenvalue weighted by Crippen LogP contribution is 2.22. The molecule has 0 saturated heterocycles. The minimum Gasteiger partial charge on any atom is -0.349 e. The van der Waals surface area contributed by atoms with Crippen molar-refractivity contribution in [2.45, 2.75) is 26.8 Å². The fourth-order valence-electron chi connectivity index (χ4n) is 1.32. The van der Waals surface area contributed by atoms with E-state index in [-0.39, 0.29) is 12.0 Å². The average molecular weight is 272 g/mol. The smallest absolute Gasteiger partial charge is 0.285 e. The summed E-state index contributed by atoms with van der Waals surface area (Å²) in [5, 5.41) is 13.3.